The number of anilines is 2. The van der Waals surface area contributed by atoms with Gasteiger partial charge in [-0.2, -0.15) is 0 Å². The van der Waals surface area contributed by atoms with Crippen molar-refractivity contribution in [3.05, 3.63) is 47.8 Å². The Morgan fingerprint density at radius 3 is 2.74 bits per heavy atom. The average molecular weight is 257 g/mol. The highest BCUT2D eigenvalue weighted by molar-refractivity contribution is 5.90. The van der Waals surface area contributed by atoms with Crippen molar-refractivity contribution in [3.8, 4) is 0 Å². The molecule has 1 heterocycles. The van der Waals surface area contributed by atoms with Gasteiger partial charge >= 0.3 is 5.97 Å². The van der Waals surface area contributed by atoms with E-state index in [9.17, 15) is 4.79 Å². The molecule has 0 atom stereocenters. The van der Waals surface area contributed by atoms with Crippen LogP contribution in [0.5, 0.6) is 0 Å². The Kier molecular flexibility index (Phi) is 4.07. The maximum Gasteiger partial charge on any atom is 0.338 e. The lowest BCUT2D eigenvalue weighted by molar-refractivity contribution is 0.0526. The van der Waals surface area contributed by atoms with Crippen LogP contribution >= 0.6 is 0 Å². The van der Waals surface area contributed by atoms with Gasteiger partial charge in [-0.05, 0) is 37.6 Å². The normalized spacial score (nSPS) is 10.0. The van der Waals surface area contributed by atoms with Crippen LogP contribution in [-0.4, -0.2) is 22.5 Å². The lowest BCUT2D eigenvalue weighted by Crippen LogP contribution is -2.05. The summed E-state index contributed by atoms with van der Waals surface area (Å²) in [6, 6.07) is 7.04. The third-order valence-electron chi connectivity index (χ3n) is 2.41. The van der Waals surface area contributed by atoms with Crippen LogP contribution in [-0.2, 0) is 4.74 Å². The fourth-order valence-electron chi connectivity index (χ4n) is 1.52. The molecular weight excluding hydrogens is 242 g/mol. The van der Waals surface area contributed by atoms with Gasteiger partial charge in [-0.25, -0.2) is 14.8 Å². The SMILES string of the molecule is CCOC(=O)c1cccc(Nc2ncc(C)cn2)c1. The Bertz CT molecular complexity index is 567. The fraction of sp³-hybridized carbons (Fsp3) is 0.214. The zero-order valence-electron chi connectivity index (χ0n) is 10.9. The standard InChI is InChI=1S/C14H15N3O2/c1-3-19-13(18)11-5-4-6-12(7-11)17-14-15-8-10(2)9-16-14/h4-9H,3H2,1-2H3,(H,15,16,17). The molecule has 0 unspecified atom stereocenters. The van der Waals surface area contributed by atoms with Crippen molar-refractivity contribution >= 4 is 17.6 Å². The van der Waals surface area contributed by atoms with Crippen molar-refractivity contribution in [3.63, 3.8) is 0 Å². The predicted molar refractivity (Wildman–Crippen MR) is 72.5 cm³/mol. The van der Waals surface area contributed by atoms with Gasteiger partial charge in [0.25, 0.3) is 0 Å². The Morgan fingerprint density at radius 1 is 1.32 bits per heavy atom. The average Bonchev–Trinajstić information content (AvgIpc) is 2.42. The highest BCUT2D eigenvalue weighted by Gasteiger charge is 2.07. The molecular formula is C14H15N3O2. The molecule has 1 aromatic carbocycles. The number of carbonyl (C=O) groups is 1. The molecule has 0 saturated carbocycles. The van der Waals surface area contributed by atoms with Crippen LogP contribution in [0.4, 0.5) is 11.6 Å². The second-order valence-electron chi connectivity index (χ2n) is 4.01. The molecule has 0 amide bonds. The summed E-state index contributed by atoms with van der Waals surface area (Å²) < 4.78 is 4.95. The van der Waals surface area contributed by atoms with Gasteiger partial charge in [0.2, 0.25) is 5.95 Å². The van der Waals surface area contributed by atoms with Crippen LogP contribution in [0.2, 0.25) is 0 Å². The molecule has 2 aromatic rings. The van der Waals surface area contributed by atoms with Crippen LogP contribution in [0.25, 0.3) is 0 Å². The van der Waals surface area contributed by atoms with Gasteiger partial charge in [-0.3, -0.25) is 0 Å². The number of benzene rings is 1. The monoisotopic (exact) mass is 257 g/mol. The van der Waals surface area contributed by atoms with Crippen molar-refractivity contribution in [2.45, 2.75) is 13.8 Å². The first-order valence-corrected chi connectivity index (χ1v) is 6.02. The number of aryl methyl sites for hydroxylation is 1. The molecule has 0 aliphatic rings. The van der Waals surface area contributed by atoms with Gasteiger partial charge in [-0.15, -0.1) is 0 Å². The maximum absolute atomic E-state index is 11.6. The van der Waals surface area contributed by atoms with Crippen LogP contribution in [0, 0.1) is 6.92 Å². The third-order valence-corrected chi connectivity index (χ3v) is 2.41. The number of ether oxygens (including phenoxy) is 1. The van der Waals surface area contributed by atoms with Crippen molar-refractivity contribution < 1.29 is 9.53 Å². The van der Waals surface area contributed by atoms with Crippen molar-refractivity contribution in [1.82, 2.24) is 9.97 Å². The van der Waals surface area contributed by atoms with E-state index < -0.39 is 0 Å². The molecule has 5 nitrogen and oxygen atoms in total. The lowest BCUT2D eigenvalue weighted by atomic mass is 10.2. The molecule has 1 N–H and O–H groups in total. The van der Waals surface area contributed by atoms with Crippen molar-refractivity contribution in [1.29, 1.82) is 0 Å². The molecule has 0 aliphatic heterocycles. The van der Waals surface area contributed by atoms with E-state index in [4.69, 9.17) is 4.74 Å². The molecule has 5 heteroatoms. The number of hydrogen-bond donors (Lipinski definition) is 1. The summed E-state index contributed by atoms with van der Waals surface area (Å²) >= 11 is 0. The topological polar surface area (TPSA) is 64.1 Å². The number of nitrogens with zero attached hydrogens (tertiary/aromatic N) is 2. The third kappa shape index (κ3) is 3.51. The summed E-state index contributed by atoms with van der Waals surface area (Å²) in [6.45, 7) is 4.06. The molecule has 2 rings (SSSR count). The second kappa shape index (κ2) is 5.95. The molecule has 1 aromatic heterocycles. The summed E-state index contributed by atoms with van der Waals surface area (Å²) in [6.07, 6.45) is 3.45. The van der Waals surface area contributed by atoms with E-state index in [0.29, 0.717) is 18.1 Å². The zero-order valence-corrected chi connectivity index (χ0v) is 10.9. The zero-order chi connectivity index (χ0) is 13.7. The minimum atomic E-state index is -0.337. The highest BCUT2D eigenvalue weighted by atomic mass is 16.5. The van der Waals surface area contributed by atoms with Crippen LogP contribution < -0.4 is 5.32 Å². The fourth-order valence-corrected chi connectivity index (χ4v) is 1.52. The Labute approximate surface area is 111 Å². The molecule has 0 radical (unpaired) electrons. The summed E-state index contributed by atoms with van der Waals surface area (Å²) in [7, 11) is 0. The second-order valence-corrected chi connectivity index (χ2v) is 4.01. The van der Waals surface area contributed by atoms with E-state index in [2.05, 4.69) is 15.3 Å². The van der Waals surface area contributed by atoms with Crippen LogP contribution in [0.3, 0.4) is 0 Å². The number of aromatic nitrogens is 2. The van der Waals surface area contributed by atoms with E-state index in [1.54, 1.807) is 37.5 Å². The Balaban J connectivity index is 2.15. The van der Waals surface area contributed by atoms with E-state index >= 15 is 0 Å². The first-order valence-electron chi connectivity index (χ1n) is 6.02. The first kappa shape index (κ1) is 13.0. The molecule has 19 heavy (non-hydrogen) atoms. The summed E-state index contributed by atoms with van der Waals surface area (Å²) in [5.74, 6) is 0.155. The van der Waals surface area contributed by atoms with Gasteiger partial charge in [0, 0.05) is 18.1 Å². The van der Waals surface area contributed by atoms with Crippen LogP contribution in [0.1, 0.15) is 22.8 Å². The van der Waals surface area contributed by atoms with Gasteiger partial charge in [-0.1, -0.05) is 6.07 Å². The molecule has 98 valence electrons. The minimum absolute atomic E-state index is 0.337. The van der Waals surface area contributed by atoms with Gasteiger partial charge < -0.3 is 10.1 Å². The first-order chi connectivity index (χ1) is 9.19. The molecule has 0 spiro atoms. The lowest BCUT2D eigenvalue weighted by Gasteiger charge is -2.06. The highest BCUT2D eigenvalue weighted by Crippen LogP contribution is 2.15. The Hall–Kier alpha value is -2.43. The number of carbonyl (C=O) groups excluding carboxylic acids is 1. The van der Waals surface area contributed by atoms with E-state index in [-0.39, 0.29) is 5.97 Å². The maximum atomic E-state index is 11.6. The molecule has 0 fully saturated rings. The smallest absolute Gasteiger partial charge is 0.338 e. The number of hydrogen-bond acceptors (Lipinski definition) is 5. The quantitative estimate of drug-likeness (QED) is 0.853. The van der Waals surface area contributed by atoms with Crippen LogP contribution in [0.15, 0.2) is 36.7 Å². The van der Waals surface area contributed by atoms with Crippen molar-refractivity contribution in [2.24, 2.45) is 0 Å². The minimum Gasteiger partial charge on any atom is -0.462 e. The number of rotatable bonds is 4. The summed E-state index contributed by atoms with van der Waals surface area (Å²) in [5.41, 5.74) is 2.24. The van der Waals surface area contributed by atoms with Gasteiger partial charge in [0.1, 0.15) is 0 Å². The van der Waals surface area contributed by atoms with E-state index in [1.807, 2.05) is 13.0 Å². The molecule has 0 bridgehead atoms. The number of esters is 1. The van der Waals surface area contributed by atoms with E-state index in [1.165, 1.54) is 0 Å². The Morgan fingerprint density at radius 2 is 2.05 bits per heavy atom. The van der Waals surface area contributed by atoms with Gasteiger partial charge in [0.05, 0.1) is 12.2 Å². The van der Waals surface area contributed by atoms with Gasteiger partial charge in [0.15, 0.2) is 0 Å². The summed E-state index contributed by atoms with van der Waals surface area (Å²) in [5, 5.41) is 3.04. The molecule has 0 saturated heterocycles. The largest absolute Gasteiger partial charge is 0.462 e. The number of nitrogens with one attached hydrogen (secondary N) is 1. The summed E-state index contributed by atoms with van der Waals surface area (Å²) in [4.78, 5) is 19.9. The van der Waals surface area contributed by atoms with Crippen molar-refractivity contribution in [2.75, 3.05) is 11.9 Å². The predicted octanol–water partition coefficient (Wildman–Crippen LogP) is 2.71. The molecule has 0 aliphatic carbocycles. The van der Waals surface area contributed by atoms with E-state index in [0.717, 1.165) is 11.3 Å².